The normalized spacial score (nSPS) is 18.7. The maximum atomic E-state index is 12.5. The van der Waals surface area contributed by atoms with Gasteiger partial charge in [0.2, 0.25) is 5.91 Å². The number of nitrogens with zero attached hydrogens (tertiary/aromatic N) is 2. The van der Waals surface area contributed by atoms with Crippen LogP contribution >= 0.6 is 23.4 Å². The summed E-state index contributed by atoms with van der Waals surface area (Å²) in [6.07, 6.45) is 1.33. The number of amides is 3. The van der Waals surface area contributed by atoms with Gasteiger partial charge >= 0.3 is 12.0 Å². The number of nitrogens with one attached hydrogen (secondary N) is 1. The average molecular weight is 412 g/mol. The number of halogens is 1. The van der Waals surface area contributed by atoms with Crippen LogP contribution in [0.5, 0.6) is 0 Å². The maximum absolute atomic E-state index is 12.5. The minimum atomic E-state index is -0.454. The van der Waals surface area contributed by atoms with Crippen molar-refractivity contribution < 1.29 is 19.1 Å². The molecule has 146 valence electrons. The van der Waals surface area contributed by atoms with E-state index in [-0.39, 0.29) is 30.0 Å². The highest BCUT2D eigenvalue weighted by Crippen LogP contribution is 2.46. The minimum absolute atomic E-state index is 0.0718. The third kappa shape index (κ3) is 4.32. The molecule has 0 atom stereocenters. The fourth-order valence-electron chi connectivity index (χ4n) is 3.42. The molecular weight excluding hydrogens is 390 g/mol. The average Bonchev–Trinajstić information content (AvgIpc) is 2.97. The van der Waals surface area contributed by atoms with Crippen molar-refractivity contribution in [3.05, 3.63) is 29.3 Å². The van der Waals surface area contributed by atoms with E-state index in [2.05, 4.69) is 5.32 Å². The second-order valence-electron chi connectivity index (χ2n) is 6.39. The lowest BCUT2D eigenvalue weighted by molar-refractivity contribution is -0.141. The van der Waals surface area contributed by atoms with Gasteiger partial charge in [-0.15, -0.1) is 11.8 Å². The summed E-state index contributed by atoms with van der Waals surface area (Å²) >= 11 is 7.60. The van der Waals surface area contributed by atoms with Crippen LogP contribution in [0.25, 0.3) is 0 Å². The van der Waals surface area contributed by atoms with Crippen molar-refractivity contribution in [3.63, 3.8) is 0 Å². The van der Waals surface area contributed by atoms with Crippen LogP contribution in [0, 0.1) is 0 Å². The lowest BCUT2D eigenvalue weighted by Crippen LogP contribution is -2.55. The largest absolute Gasteiger partial charge is 0.465 e. The van der Waals surface area contributed by atoms with Crippen LogP contribution in [0.1, 0.15) is 19.8 Å². The molecule has 0 saturated carbocycles. The molecule has 27 heavy (non-hydrogen) atoms. The van der Waals surface area contributed by atoms with E-state index in [4.69, 9.17) is 16.3 Å². The summed E-state index contributed by atoms with van der Waals surface area (Å²) in [6.45, 7) is 2.89. The number of thioether (sulfide) groups is 1. The monoisotopic (exact) mass is 411 g/mol. The number of hydrogen-bond acceptors (Lipinski definition) is 5. The van der Waals surface area contributed by atoms with E-state index >= 15 is 0 Å². The highest BCUT2D eigenvalue weighted by Gasteiger charge is 2.49. The second-order valence-corrected chi connectivity index (χ2v) is 8.16. The number of urea groups is 1. The molecule has 2 heterocycles. The van der Waals surface area contributed by atoms with Gasteiger partial charge in [-0.2, -0.15) is 0 Å². The molecule has 2 saturated heterocycles. The molecule has 2 aliphatic heterocycles. The molecule has 2 aliphatic rings. The first-order valence-corrected chi connectivity index (χ1v) is 10.2. The van der Waals surface area contributed by atoms with Crippen molar-refractivity contribution in [2.45, 2.75) is 24.6 Å². The maximum Gasteiger partial charge on any atom is 0.325 e. The number of likely N-dealkylation sites (tertiary alicyclic amines) is 1. The molecule has 0 aliphatic carbocycles. The molecule has 1 aromatic carbocycles. The molecule has 3 amide bonds. The predicted octanol–water partition coefficient (Wildman–Crippen LogP) is 2.48. The van der Waals surface area contributed by atoms with Gasteiger partial charge in [0.1, 0.15) is 6.54 Å². The van der Waals surface area contributed by atoms with Crippen LogP contribution in [0.4, 0.5) is 10.5 Å². The van der Waals surface area contributed by atoms with E-state index in [0.717, 1.165) is 5.69 Å². The molecule has 0 aromatic heterocycles. The first kappa shape index (κ1) is 19.8. The Morgan fingerprint density at radius 2 is 1.93 bits per heavy atom. The molecule has 3 rings (SSSR count). The van der Waals surface area contributed by atoms with E-state index < -0.39 is 5.97 Å². The Hall–Kier alpha value is -1.93. The summed E-state index contributed by atoms with van der Waals surface area (Å²) in [7, 11) is 0. The SMILES string of the molecule is CCOC(=O)CNC(=O)N1CCC2(CC1)SCC(=O)N2c1ccc(Cl)cc1. The van der Waals surface area contributed by atoms with Crippen molar-refractivity contribution in [3.8, 4) is 0 Å². The second kappa shape index (κ2) is 8.39. The number of benzene rings is 1. The van der Waals surface area contributed by atoms with Crippen LogP contribution in [-0.4, -0.2) is 59.7 Å². The lowest BCUT2D eigenvalue weighted by atomic mass is 10.0. The molecule has 0 unspecified atom stereocenters. The molecule has 9 heteroatoms. The zero-order valence-corrected chi connectivity index (χ0v) is 16.6. The molecule has 0 radical (unpaired) electrons. The molecule has 0 bridgehead atoms. The quantitative estimate of drug-likeness (QED) is 0.770. The van der Waals surface area contributed by atoms with Crippen molar-refractivity contribution in [2.75, 3.05) is 36.9 Å². The van der Waals surface area contributed by atoms with Gasteiger partial charge in [-0.25, -0.2) is 4.79 Å². The smallest absolute Gasteiger partial charge is 0.325 e. The Morgan fingerprint density at radius 1 is 1.26 bits per heavy atom. The standard InChI is InChI=1S/C18H22ClN3O4S/c1-2-26-16(24)11-20-17(25)21-9-7-18(8-10-21)22(15(23)12-27-18)14-5-3-13(19)4-6-14/h3-6H,2,7-12H2,1H3,(H,20,25). The van der Waals surface area contributed by atoms with Gasteiger partial charge in [-0.1, -0.05) is 11.6 Å². The molecule has 7 nitrogen and oxygen atoms in total. The Bertz CT molecular complexity index is 720. The molecule has 1 aromatic rings. The predicted molar refractivity (Wildman–Crippen MR) is 105 cm³/mol. The number of carbonyl (C=O) groups is 3. The van der Waals surface area contributed by atoms with Gasteiger partial charge in [0.15, 0.2) is 0 Å². The lowest BCUT2D eigenvalue weighted by Gasteiger charge is -2.43. The first-order chi connectivity index (χ1) is 12.9. The van der Waals surface area contributed by atoms with E-state index in [9.17, 15) is 14.4 Å². The summed E-state index contributed by atoms with van der Waals surface area (Å²) < 4.78 is 4.81. The number of carbonyl (C=O) groups excluding carboxylic acids is 3. The minimum Gasteiger partial charge on any atom is -0.465 e. The number of esters is 1. The zero-order valence-electron chi connectivity index (χ0n) is 15.1. The molecule has 1 N–H and O–H groups in total. The molecule has 1 spiro atoms. The third-order valence-corrected chi connectivity index (χ3v) is 6.50. The molecular formula is C18H22ClN3O4S. The van der Waals surface area contributed by atoms with Crippen LogP contribution in [0.2, 0.25) is 5.02 Å². The van der Waals surface area contributed by atoms with Crippen molar-refractivity contribution in [1.82, 2.24) is 10.2 Å². The van der Waals surface area contributed by atoms with Gasteiger partial charge in [0.05, 0.1) is 17.2 Å². The van der Waals surface area contributed by atoms with E-state index in [1.807, 2.05) is 17.0 Å². The first-order valence-electron chi connectivity index (χ1n) is 8.86. The van der Waals surface area contributed by atoms with Crippen molar-refractivity contribution in [2.24, 2.45) is 0 Å². The van der Waals surface area contributed by atoms with Gasteiger partial charge in [-0.05, 0) is 44.0 Å². The summed E-state index contributed by atoms with van der Waals surface area (Å²) in [6, 6.07) is 6.97. The van der Waals surface area contributed by atoms with Crippen LogP contribution < -0.4 is 10.2 Å². The number of anilines is 1. The third-order valence-electron chi connectivity index (χ3n) is 4.73. The topological polar surface area (TPSA) is 79.0 Å². The number of hydrogen-bond donors (Lipinski definition) is 1. The van der Waals surface area contributed by atoms with Gasteiger partial charge < -0.3 is 15.0 Å². The Kier molecular flexibility index (Phi) is 6.16. The highest BCUT2D eigenvalue weighted by atomic mass is 35.5. The Balaban J connectivity index is 1.62. The van der Waals surface area contributed by atoms with Gasteiger partial charge in [-0.3, -0.25) is 14.5 Å². The van der Waals surface area contributed by atoms with Crippen molar-refractivity contribution in [1.29, 1.82) is 0 Å². The fraction of sp³-hybridized carbons (Fsp3) is 0.500. The zero-order chi connectivity index (χ0) is 19.4. The van der Waals surface area contributed by atoms with Gasteiger partial charge in [0, 0.05) is 23.8 Å². The summed E-state index contributed by atoms with van der Waals surface area (Å²) in [4.78, 5) is 39.3. The Morgan fingerprint density at radius 3 is 2.56 bits per heavy atom. The number of ether oxygens (including phenoxy) is 1. The number of rotatable bonds is 4. The van der Waals surface area contributed by atoms with Crippen LogP contribution in [-0.2, 0) is 14.3 Å². The number of piperidine rings is 1. The van der Waals surface area contributed by atoms with E-state index in [0.29, 0.717) is 36.7 Å². The summed E-state index contributed by atoms with van der Waals surface area (Å²) in [5, 5.41) is 3.21. The highest BCUT2D eigenvalue weighted by molar-refractivity contribution is 8.02. The fourth-order valence-corrected chi connectivity index (χ4v) is 4.88. The van der Waals surface area contributed by atoms with E-state index in [1.54, 1.807) is 35.7 Å². The summed E-state index contributed by atoms with van der Waals surface area (Å²) in [5.74, 6) is 0.0465. The molecule has 2 fully saturated rings. The van der Waals surface area contributed by atoms with Crippen LogP contribution in [0.15, 0.2) is 24.3 Å². The van der Waals surface area contributed by atoms with Crippen LogP contribution in [0.3, 0.4) is 0 Å². The van der Waals surface area contributed by atoms with Crippen molar-refractivity contribution >= 4 is 47.0 Å². The Labute approximate surface area is 167 Å². The summed E-state index contributed by atoms with van der Waals surface area (Å²) in [5.41, 5.74) is 0.828. The van der Waals surface area contributed by atoms with E-state index in [1.165, 1.54) is 0 Å². The van der Waals surface area contributed by atoms with Gasteiger partial charge in [0.25, 0.3) is 0 Å².